The summed E-state index contributed by atoms with van der Waals surface area (Å²) in [7, 11) is 0. The van der Waals surface area contributed by atoms with Crippen LogP contribution in [0.15, 0.2) is 125 Å². The van der Waals surface area contributed by atoms with Crippen molar-refractivity contribution in [3.05, 3.63) is 158 Å². The van der Waals surface area contributed by atoms with E-state index in [1.165, 1.54) is 33.4 Å². The Kier molecular flexibility index (Phi) is 7.25. The summed E-state index contributed by atoms with van der Waals surface area (Å²) in [6.07, 6.45) is 16.1. The second-order valence-electron chi connectivity index (χ2n) is 17.3. The van der Waals surface area contributed by atoms with E-state index in [0.717, 1.165) is 35.7 Å². The van der Waals surface area contributed by atoms with Crippen LogP contribution in [0.5, 0.6) is 0 Å². The van der Waals surface area contributed by atoms with Gasteiger partial charge < -0.3 is 0 Å². The van der Waals surface area contributed by atoms with E-state index in [1.807, 2.05) is 12.1 Å². The lowest BCUT2D eigenvalue weighted by atomic mass is 9.25. The van der Waals surface area contributed by atoms with Gasteiger partial charge in [-0.2, -0.15) is 0 Å². The Morgan fingerprint density at radius 1 is 0.714 bits per heavy atom. The largest absolute Gasteiger partial charge is 0.0843 e. The van der Waals surface area contributed by atoms with Crippen molar-refractivity contribution in [3.8, 4) is 0 Å². The normalized spacial score (nSPS) is 28.9. The third-order valence-electron chi connectivity index (χ3n) is 15.7. The highest BCUT2D eigenvalue weighted by Crippen LogP contribution is 2.83. The first-order valence-electron chi connectivity index (χ1n) is 18.3. The van der Waals surface area contributed by atoms with Gasteiger partial charge in [0.15, 0.2) is 0 Å². The van der Waals surface area contributed by atoms with Gasteiger partial charge in [-0.3, -0.25) is 0 Å². The Morgan fingerprint density at radius 3 is 1.98 bits per heavy atom. The van der Waals surface area contributed by atoms with Crippen LogP contribution in [0.1, 0.15) is 96.9 Å². The zero-order chi connectivity index (χ0) is 34.8. The van der Waals surface area contributed by atoms with E-state index in [4.69, 9.17) is 23.2 Å². The number of rotatable bonds is 4. The Hall–Kier alpha value is -3.06. The van der Waals surface area contributed by atoms with Gasteiger partial charge >= 0.3 is 0 Å². The van der Waals surface area contributed by atoms with Crippen LogP contribution < -0.4 is 0 Å². The van der Waals surface area contributed by atoms with Crippen molar-refractivity contribution < 1.29 is 0 Å². The molecule has 3 unspecified atom stereocenters. The Balaban J connectivity index is 1.64. The molecule has 252 valence electrons. The van der Waals surface area contributed by atoms with Gasteiger partial charge in [-0.1, -0.05) is 169 Å². The molecule has 3 aromatic rings. The third-order valence-corrected chi connectivity index (χ3v) is 16.2. The molecule has 8 rings (SSSR count). The first-order valence-corrected chi connectivity index (χ1v) is 19.0. The molecule has 0 radical (unpaired) electrons. The van der Waals surface area contributed by atoms with E-state index in [1.54, 1.807) is 16.7 Å². The average Bonchev–Trinajstić information content (AvgIpc) is 3.73. The lowest BCUT2D eigenvalue weighted by molar-refractivity contribution is -0.206. The molecule has 0 spiro atoms. The van der Waals surface area contributed by atoms with Crippen molar-refractivity contribution in [3.63, 3.8) is 0 Å². The predicted octanol–water partition coefficient (Wildman–Crippen LogP) is 13.6. The molecule has 1 saturated carbocycles. The first kappa shape index (κ1) is 33.1. The minimum absolute atomic E-state index is 0.0521. The van der Waals surface area contributed by atoms with Gasteiger partial charge in [0.05, 0.1) is 5.41 Å². The second-order valence-corrected chi connectivity index (χ2v) is 18.2. The highest BCUT2D eigenvalue weighted by atomic mass is 35.5. The van der Waals surface area contributed by atoms with Crippen molar-refractivity contribution in [1.82, 2.24) is 0 Å². The minimum Gasteiger partial charge on any atom is -0.0843 e. The number of allylic oxidation sites excluding steroid dienone is 10. The van der Waals surface area contributed by atoms with Crippen LogP contribution in [0, 0.1) is 33.0 Å². The fourth-order valence-corrected chi connectivity index (χ4v) is 12.6. The molecule has 5 aliphatic carbocycles. The number of benzene rings is 3. The van der Waals surface area contributed by atoms with Crippen LogP contribution in [-0.4, -0.2) is 0 Å². The maximum absolute atomic E-state index is 7.05. The Morgan fingerprint density at radius 2 is 1.37 bits per heavy atom. The summed E-state index contributed by atoms with van der Waals surface area (Å²) in [4.78, 5) is 0. The summed E-state index contributed by atoms with van der Waals surface area (Å²) in [6.45, 7) is 20.9. The molecular formula is C47H50Cl2. The second kappa shape index (κ2) is 10.7. The summed E-state index contributed by atoms with van der Waals surface area (Å²) in [5.74, 6) is 0.397. The van der Waals surface area contributed by atoms with Gasteiger partial charge in [-0.25, -0.2) is 0 Å². The van der Waals surface area contributed by atoms with E-state index < -0.39 is 10.8 Å². The molecule has 3 atom stereocenters. The van der Waals surface area contributed by atoms with E-state index in [2.05, 4.69) is 146 Å². The van der Waals surface area contributed by atoms with Gasteiger partial charge in [-0.05, 0) is 111 Å². The van der Waals surface area contributed by atoms with Crippen molar-refractivity contribution in [2.75, 3.05) is 0 Å². The van der Waals surface area contributed by atoms with Crippen LogP contribution in [0.4, 0.5) is 0 Å². The number of fused-ring (bicyclic) bond motifs is 6. The summed E-state index contributed by atoms with van der Waals surface area (Å²) in [6, 6.07) is 26.8. The molecule has 0 saturated heterocycles. The van der Waals surface area contributed by atoms with Gasteiger partial charge in [-0.15, -0.1) is 0 Å². The fourth-order valence-electron chi connectivity index (χ4n) is 12.2. The molecule has 3 aromatic carbocycles. The molecule has 0 heterocycles. The molecule has 0 bridgehead atoms. The van der Waals surface area contributed by atoms with Crippen molar-refractivity contribution >= 4 is 28.8 Å². The molecule has 2 heteroatoms. The maximum atomic E-state index is 7.05. The quantitative estimate of drug-likeness (QED) is 0.256. The molecule has 49 heavy (non-hydrogen) atoms. The Labute approximate surface area is 304 Å². The number of halogens is 2. The van der Waals surface area contributed by atoms with Crippen molar-refractivity contribution in [2.45, 2.75) is 86.5 Å². The smallest absolute Gasteiger partial charge is 0.0514 e. The molecule has 0 aliphatic heterocycles. The van der Waals surface area contributed by atoms with Crippen LogP contribution >= 0.6 is 23.2 Å². The molecule has 5 aliphatic rings. The first-order chi connectivity index (χ1) is 23.2. The highest BCUT2D eigenvalue weighted by molar-refractivity contribution is 6.31. The molecule has 0 nitrogen and oxygen atoms in total. The molecular weight excluding hydrogens is 635 g/mol. The van der Waals surface area contributed by atoms with Gasteiger partial charge in [0.1, 0.15) is 0 Å². The van der Waals surface area contributed by atoms with Gasteiger partial charge in [0.2, 0.25) is 0 Å². The fraction of sp³-hybridized carbons (Fsp3) is 0.404. The summed E-state index contributed by atoms with van der Waals surface area (Å²) in [5.41, 5.74) is 11.5. The van der Waals surface area contributed by atoms with Crippen molar-refractivity contribution in [1.29, 1.82) is 0 Å². The predicted molar refractivity (Wildman–Crippen MR) is 209 cm³/mol. The van der Waals surface area contributed by atoms with E-state index in [9.17, 15) is 0 Å². The minimum atomic E-state index is -0.574. The molecule has 0 aromatic heterocycles. The topological polar surface area (TPSA) is 0 Å². The zero-order valence-electron chi connectivity index (χ0n) is 30.5. The van der Waals surface area contributed by atoms with E-state index in [-0.39, 0.29) is 21.7 Å². The van der Waals surface area contributed by atoms with Gasteiger partial charge in [0.25, 0.3) is 0 Å². The van der Waals surface area contributed by atoms with Crippen LogP contribution in [-0.2, 0) is 11.8 Å². The maximum Gasteiger partial charge on any atom is 0.0514 e. The standard InChI is InChI=1S/C47H50Cl2/c1-42(2)43(3,4)45(7)39-26-14-13-25-37(39)40-36-24-12-9-17-30(36)27-38(40)41(45)46(8,44(42,5)6)47(31-18-10-11-19-31,32-20-15-22-34(48)28-32)33-21-16-23-35(49)29-33/h9-13,15-18,20-25,28-29,39H,14,19,26-27H2,1-8H3. The van der Waals surface area contributed by atoms with Gasteiger partial charge in [0, 0.05) is 20.9 Å². The molecule has 0 N–H and O–H groups in total. The summed E-state index contributed by atoms with van der Waals surface area (Å²) >= 11 is 14.1. The van der Waals surface area contributed by atoms with E-state index >= 15 is 0 Å². The summed E-state index contributed by atoms with van der Waals surface area (Å²) in [5, 5.41) is 1.54. The van der Waals surface area contributed by atoms with Crippen molar-refractivity contribution in [2.24, 2.45) is 33.0 Å². The third kappa shape index (κ3) is 3.84. The number of hydrogen-bond donors (Lipinski definition) is 0. The van der Waals surface area contributed by atoms with E-state index in [0.29, 0.717) is 5.92 Å². The SMILES string of the molecule is CC12C(=C3Cc4ccccc4C3=C3C=CCCC31)C(C)(C(C1=CC=CC1)(c1cccc(Cl)c1)c1cccc(Cl)c1)C(C)(C)C(C)(C)C2(C)C. The average molecular weight is 686 g/mol. The van der Waals surface area contributed by atoms with Crippen LogP contribution in [0.2, 0.25) is 10.0 Å². The monoisotopic (exact) mass is 684 g/mol. The lowest BCUT2D eigenvalue weighted by Crippen LogP contribution is -2.72. The summed E-state index contributed by atoms with van der Waals surface area (Å²) < 4.78 is 0. The number of hydrogen-bond acceptors (Lipinski definition) is 0. The van der Waals surface area contributed by atoms with Crippen LogP contribution in [0.25, 0.3) is 5.57 Å². The zero-order valence-corrected chi connectivity index (χ0v) is 32.0. The highest BCUT2D eigenvalue weighted by Gasteiger charge is 2.77. The van der Waals surface area contributed by atoms with Crippen LogP contribution in [0.3, 0.4) is 0 Å². The Bertz CT molecular complexity index is 2010. The lowest BCUT2D eigenvalue weighted by Gasteiger charge is -2.78. The molecule has 0 amide bonds. The molecule has 1 fully saturated rings.